The van der Waals surface area contributed by atoms with E-state index in [1.54, 1.807) is 20.3 Å². The molecule has 2 aromatic carbocycles. The Labute approximate surface area is 164 Å². The molecule has 3 aromatic rings. The van der Waals surface area contributed by atoms with Crippen LogP contribution in [-0.4, -0.2) is 19.2 Å². The molecule has 0 aliphatic carbocycles. The molecule has 1 N–H and O–H groups in total. The van der Waals surface area contributed by atoms with Gasteiger partial charge in [-0.1, -0.05) is 36.4 Å². The van der Waals surface area contributed by atoms with E-state index in [2.05, 4.69) is 16.4 Å². The smallest absolute Gasteiger partial charge is 0.233 e. The molecule has 28 heavy (non-hydrogen) atoms. The number of nitrogens with zero attached hydrogens (tertiary/aromatic N) is 2. The normalized spacial score (nSPS) is 11.8. The summed E-state index contributed by atoms with van der Waals surface area (Å²) in [5, 5.41) is 12.6. The lowest BCUT2D eigenvalue weighted by Crippen LogP contribution is -2.06. The molecule has 0 amide bonds. The molecule has 1 aromatic heterocycles. The highest BCUT2D eigenvalue weighted by Crippen LogP contribution is 2.29. The molecule has 0 spiro atoms. The predicted molar refractivity (Wildman–Crippen MR) is 108 cm³/mol. The first-order valence-corrected chi connectivity index (χ1v) is 8.77. The maximum absolute atomic E-state index is 9.36. The van der Waals surface area contributed by atoms with Crippen LogP contribution in [0, 0.1) is 11.3 Å². The number of anilines is 1. The number of hydrogen-bond donors (Lipinski definition) is 1. The van der Waals surface area contributed by atoms with Gasteiger partial charge >= 0.3 is 0 Å². The van der Waals surface area contributed by atoms with Gasteiger partial charge in [-0.2, -0.15) is 10.2 Å². The summed E-state index contributed by atoms with van der Waals surface area (Å²) in [4.78, 5) is 4.23. The van der Waals surface area contributed by atoms with Crippen LogP contribution in [-0.2, 0) is 0 Å². The molecule has 0 saturated heterocycles. The molecule has 0 fully saturated rings. The van der Waals surface area contributed by atoms with E-state index in [4.69, 9.17) is 13.9 Å². The van der Waals surface area contributed by atoms with E-state index < -0.39 is 0 Å². The first kappa shape index (κ1) is 19.1. The lowest BCUT2D eigenvalue weighted by atomic mass is 10.1. The van der Waals surface area contributed by atoms with E-state index in [1.807, 2.05) is 61.5 Å². The molecule has 3 rings (SSSR count). The summed E-state index contributed by atoms with van der Waals surface area (Å²) >= 11 is 0. The van der Waals surface area contributed by atoms with Gasteiger partial charge in [0.05, 0.1) is 20.3 Å². The summed E-state index contributed by atoms with van der Waals surface area (Å²) in [7, 11) is 3.18. The summed E-state index contributed by atoms with van der Waals surface area (Å²) in [6.45, 7) is 2.00. The monoisotopic (exact) mass is 375 g/mol. The fourth-order valence-corrected chi connectivity index (χ4v) is 2.73. The Morgan fingerprint density at radius 3 is 2.50 bits per heavy atom. The Balaban J connectivity index is 1.79. The van der Waals surface area contributed by atoms with Crippen molar-refractivity contribution in [3.05, 3.63) is 71.2 Å². The van der Waals surface area contributed by atoms with E-state index in [-0.39, 0.29) is 11.7 Å². The zero-order valence-electron chi connectivity index (χ0n) is 16.0. The van der Waals surface area contributed by atoms with E-state index in [0.717, 1.165) is 11.1 Å². The molecule has 0 saturated carbocycles. The molecule has 0 bridgehead atoms. The lowest BCUT2D eigenvalue weighted by molar-refractivity contribution is 0.355. The van der Waals surface area contributed by atoms with E-state index in [1.165, 1.54) is 0 Å². The van der Waals surface area contributed by atoms with E-state index in [9.17, 15) is 5.26 Å². The van der Waals surface area contributed by atoms with E-state index >= 15 is 0 Å². The van der Waals surface area contributed by atoms with Crippen molar-refractivity contribution in [1.82, 2.24) is 4.98 Å². The number of oxazole rings is 1. The van der Waals surface area contributed by atoms with Crippen LogP contribution in [0.3, 0.4) is 0 Å². The first-order valence-electron chi connectivity index (χ1n) is 8.77. The molecule has 6 heteroatoms. The van der Waals surface area contributed by atoms with Crippen molar-refractivity contribution in [3.8, 4) is 17.6 Å². The average molecular weight is 375 g/mol. The van der Waals surface area contributed by atoms with Crippen molar-refractivity contribution in [2.24, 2.45) is 0 Å². The zero-order valence-corrected chi connectivity index (χ0v) is 16.0. The maximum atomic E-state index is 9.36. The molecule has 1 atom stereocenters. The topological polar surface area (TPSA) is 80.3 Å². The second kappa shape index (κ2) is 8.78. The number of rotatable bonds is 7. The average Bonchev–Trinajstić information content (AvgIpc) is 3.14. The quantitative estimate of drug-likeness (QED) is 0.632. The fraction of sp³-hybridized carbons (Fsp3) is 0.182. The lowest BCUT2D eigenvalue weighted by Gasteiger charge is -2.12. The van der Waals surface area contributed by atoms with Crippen molar-refractivity contribution < 1.29 is 13.9 Å². The maximum Gasteiger partial charge on any atom is 0.233 e. The van der Waals surface area contributed by atoms with Gasteiger partial charge in [0.25, 0.3) is 0 Å². The number of nitrogens with one attached hydrogen (secondary N) is 1. The number of ether oxygens (including phenoxy) is 2. The minimum Gasteiger partial charge on any atom is -0.493 e. The van der Waals surface area contributed by atoms with Crippen LogP contribution < -0.4 is 14.8 Å². The van der Waals surface area contributed by atoms with Crippen molar-refractivity contribution >= 4 is 18.0 Å². The molecule has 0 radical (unpaired) electrons. The third-order valence-corrected chi connectivity index (χ3v) is 4.22. The van der Waals surface area contributed by atoms with Crippen LogP contribution in [0.15, 0.2) is 52.9 Å². The van der Waals surface area contributed by atoms with Gasteiger partial charge in [0.15, 0.2) is 11.5 Å². The number of methoxy groups -OCH3 is 2. The molecule has 6 nitrogen and oxygen atoms in total. The van der Waals surface area contributed by atoms with Crippen molar-refractivity contribution in [2.45, 2.75) is 13.0 Å². The Hall–Kier alpha value is -3.72. The van der Waals surface area contributed by atoms with E-state index in [0.29, 0.717) is 23.3 Å². The Morgan fingerprint density at radius 1 is 1.07 bits per heavy atom. The minimum atomic E-state index is -0.0241. The second-order valence-electron chi connectivity index (χ2n) is 6.07. The third-order valence-electron chi connectivity index (χ3n) is 4.22. The molecule has 0 aliphatic heterocycles. The van der Waals surface area contributed by atoms with Crippen LogP contribution in [0.4, 0.5) is 5.88 Å². The van der Waals surface area contributed by atoms with Gasteiger partial charge in [-0.05, 0) is 36.3 Å². The van der Waals surface area contributed by atoms with Crippen LogP contribution in [0.1, 0.15) is 35.7 Å². The van der Waals surface area contributed by atoms with Crippen LogP contribution in [0.25, 0.3) is 12.2 Å². The Bertz CT molecular complexity index is 1000. The van der Waals surface area contributed by atoms with Gasteiger partial charge < -0.3 is 19.2 Å². The summed E-state index contributed by atoms with van der Waals surface area (Å²) in [5.74, 6) is 1.98. The summed E-state index contributed by atoms with van der Waals surface area (Å²) < 4.78 is 16.3. The van der Waals surface area contributed by atoms with Crippen molar-refractivity contribution in [1.29, 1.82) is 5.26 Å². The van der Waals surface area contributed by atoms with Crippen LogP contribution in [0.5, 0.6) is 11.5 Å². The molecule has 1 heterocycles. The number of hydrogen-bond acceptors (Lipinski definition) is 6. The van der Waals surface area contributed by atoms with Crippen molar-refractivity contribution in [3.63, 3.8) is 0 Å². The zero-order chi connectivity index (χ0) is 19.9. The second-order valence-corrected chi connectivity index (χ2v) is 6.07. The van der Waals surface area contributed by atoms with Crippen LogP contribution in [0.2, 0.25) is 0 Å². The largest absolute Gasteiger partial charge is 0.493 e. The predicted octanol–water partition coefficient (Wildman–Crippen LogP) is 4.91. The summed E-state index contributed by atoms with van der Waals surface area (Å²) in [5.41, 5.74) is 2.20. The Morgan fingerprint density at radius 2 is 1.82 bits per heavy atom. The highest BCUT2D eigenvalue weighted by atomic mass is 16.5. The summed E-state index contributed by atoms with van der Waals surface area (Å²) in [6, 6.07) is 17.5. The first-order chi connectivity index (χ1) is 13.6. The minimum absolute atomic E-state index is 0.0241. The van der Waals surface area contributed by atoms with Gasteiger partial charge in [-0.15, -0.1) is 0 Å². The van der Waals surface area contributed by atoms with Gasteiger partial charge in [0, 0.05) is 6.08 Å². The third kappa shape index (κ3) is 4.33. The highest BCUT2D eigenvalue weighted by Gasteiger charge is 2.15. The standard InChI is InChI=1S/C22H21N3O3/c1-15(17-7-5-4-6-8-17)24-22-18(14-23)25-21(28-22)12-10-16-9-11-19(26-2)20(13-16)27-3/h4-13,15,24H,1-3H3/b12-10+/t15-/m0/s1. The molecular weight excluding hydrogens is 354 g/mol. The molecule has 142 valence electrons. The number of benzene rings is 2. The molecule has 0 unspecified atom stereocenters. The molecular formula is C22H21N3O3. The van der Waals surface area contributed by atoms with Crippen molar-refractivity contribution in [2.75, 3.05) is 19.5 Å². The number of aromatic nitrogens is 1. The highest BCUT2D eigenvalue weighted by molar-refractivity contribution is 5.69. The van der Waals surface area contributed by atoms with Crippen LogP contribution >= 0.6 is 0 Å². The van der Waals surface area contributed by atoms with Gasteiger partial charge in [0.1, 0.15) is 6.07 Å². The number of nitriles is 1. The van der Waals surface area contributed by atoms with Gasteiger partial charge in [0.2, 0.25) is 17.5 Å². The summed E-state index contributed by atoms with van der Waals surface area (Å²) in [6.07, 6.45) is 3.54. The fourth-order valence-electron chi connectivity index (χ4n) is 2.73. The SMILES string of the molecule is COc1ccc(/C=C/c2nc(C#N)c(N[C@@H](C)c3ccccc3)o2)cc1OC. The Kier molecular flexibility index (Phi) is 5.97. The van der Waals surface area contributed by atoms with Gasteiger partial charge in [-0.25, -0.2) is 0 Å². The van der Waals surface area contributed by atoms with Gasteiger partial charge in [-0.3, -0.25) is 0 Å². The molecule has 0 aliphatic rings.